The molecule has 0 unspecified atom stereocenters. The number of carboxylic acid groups (broad SMARTS) is 1. The number of rotatable bonds is 2. The largest absolute Gasteiger partial charge is 0.478 e. The van der Waals surface area contributed by atoms with Crippen molar-refractivity contribution in [2.24, 2.45) is 0 Å². The van der Waals surface area contributed by atoms with E-state index in [4.69, 9.17) is 10.3 Å². The first-order valence-electron chi connectivity index (χ1n) is 3.43. The SMILES string of the molecule is O=C(O)c1ccc(C(=O)NO)cc1. The lowest BCUT2D eigenvalue weighted by molar-refractivity contribution is 0.0689. The van der Waals surface area contributed by atoms with Gasteiger partial charge in [0, 0.05) is 5.56 Å². The molecule has 0 saturated carbocycles. The Bertz CT molecular complexity index is 331. The zero-order valence-corrected chi connectivity index (χ0v) is 6.52. The predicted octanol–water partition coefficient (Wildman–Crippen LogP) is 0.504. The summed E-state index contributed by atoms with van der Waals surface area (Å²) in [4.78, 5) is 21.2. The number of nitrogens with one attached hydrogen (secondary N) is 1. The van der Waals surface area contributed by atoms with Crippen LogP contribution < -0.4 is 5.48 Å². The van der Waals surface area contributed by atoms with Crippen LogP contribution in [0.5, 0.6) is 0 Å². The van der Waals surface area contributed by atoms with Gasteiger partial charge in [0.05, 0.1) is 5.56 Å². The summed E-state index contributed by atoms with van der Waals surface area (Å²) in [6.45, 7) is 0. The summed E-state index contributed by atoms with van der Waals surface area (Å²) in [5, 5.41) is 16.8. The minimum Gasteiger partial charge on any atom is -0.478 e. The van der Waals surface area contributed by atoms with Crippen molar-refractivity contribution in [3.63, 3.8) is 0 Å². The van der Waals surface area contributed by atoms with E-state index in [0.29, 0.717) is 0 Å². The molecule has 1 aromatic rings. The van der Waals surface area contributed by atoms with E-state index in [2.05, 4.69) is 0 Å². The maximum Gasteiger partial charge on any atom is 0.335 e. The second kappa shape index (κ2) is 3.68. The van der Waals surface area contributed by atoms with Crippen molar-refractivity contribution >= 4 is 11.9 Å². The first kappa shape index (κ1) is 9.21. The molecular formula is C8H7NO4. The van der Waals surface area contributed by atoms with Crippen molar-refractivity contribution in [3.05, 3.63) is 35.4 Å². The van der Waals surface area contributed by atoms with Gasteiger partial charge in [-0.2, -0.15) is 0 Å². The highest BCUT2D eigenvalue weighted by Gasteiger charge is 2.05. The Morgan fingerprint density at radius 1 is 1.08 bits per heavy atom. The van der Waals surface area contributed by atoms with Gasteiger partial charge in [-0.25, -0.2) is 10.3 Å². The molecule has 0 radical (unpaired) electrons. The van der Waals surface area contributed by atoms with Gasteiger partial charge >= 0.3 is 5.97 Å². The van der Waals surface area contributed by atoms with Crippen LogP contribution in [0.25, 0.3) is 0 Å². The van der Waals surface area contributed by atoms with Crippen LogP contribution in [0.4, 0.5) is 0 Å². The van der Waals surface area contributed by atoms with Crippen molar-refractivity contribution in [3.8, 4) is 0 Å². The minimum atomic E-state index is -1.06. The van der Waals surface area contributed by atoms with Gasteiger partial charge in [-0.05, 0) is 24.3 Å². The van der Waals surface area contributed by atoms with Crippen molar-refractivity contribution in [1.29, 1.82) is 0 Å². The van der Waals surface area contributed by atoms with E-state index in [1.54, 1.807) is 0 Å². The number of hydrogen-bond acceptors (Lipinski definition) is 3. The van der Waals surface area contributed by atoms with Gasteiger partial charge < -0.3 is 5.11 Å². The van der Waals surface area contributed by atoms with Crippen LogP contribution in [-0.4, -0.2) is 22.2 Å². The van der Waals surface area contributed by atoms with Crippen molar-refractivity contribution in [2.75, 3.05) is 0 Å². The fraction of sp³-hybridized carbons (Fsp3) is 0. The molecular weight excluding hydrogens is 174 g/mol. The van der Waals surface area contributed by atoms with Crippen molar-refractivity contribution in [2.45, 2.75) is 0 Å². The number of carbonyl (C=O) groups is 2. The van der Waals surface area contributed by atoms with Crippen molar-refractivity contribution in [1.82, 2.24) is 5.48 Å². The van der Waals surface area contributed by atoms with E-state index in [0.717, 1.165) is 0 Å². The van der Waals surface area contributed by atoms with Gasteiger partial charge in [-0.15, -0.1) is 0 Å². The molecule has 13 heavy (non-hydrogen) atoms. The van der Waals surface area contributed by atoms with Crippen LogP contribution in [-0.2, 0) is 0 Å². The molecule has 0 aliphatic rings. The Kier molecular flexibility index (Phi) is 2.61. The lowest BCUT2D eigenvalue weighted by Crippen LogP contribution is -2.18. The number of carboxylic acids is 1. The van der Waals surface area contributed by atoms with Crippen LogP contribution in [0.1, 0.15) is 20.7 Å². The lowest BCUT2D eigenvalue weighted by atomic mass is 10.1. The average molecular weight is 181 g/mol. The highest BCUT2D eigenvalue weighted by Crippen LogP contribution is 2.03. The molecule has 3 N–H and O–H groups in total. The van der Waals surface area contributed by atoms with E-state index in [-0.39, 0.29) is 11.1 Å². The molecule has 0 spiro atoms. The first-order valence-corrected chi connectivity index (χ1v) is 3.43. The molecule has 0 saturated heterocycles. The quantitative estimate of drug-likeness (QED) is 0.458. The Hall–Kier alpha value is -1.88. The fourth-order valence-corrected chi connectivity index (χ4v) is 0.829. The molecule has 0 aromatic heterocycles. The smallest absolute Gasteiger partial charge is 0.335 e. The fourth-order valence-electron chi connectivity index (χ4n) is 0.829. The number of benzene rings is 1. The third kappa shape index (κ3) is 2.03. The predicted molar refractivity (Wildman–Crippen MR) is 42.7 cm³/mol. The van der Waals surface area contributed by atoms with Gasteiger partial charge in [0.25, 0.3) is 5.91 Å². The number of aromatic carboxylic acids is 1. The van der Waals surface area contributed by atoms with Gasteiger partial charge in [-0.1, -0.05) is 0 Å². The molecule has 0 fully saturated rings. The van der Waals surface area contributed by atoms with Crippen LogP contribution in [0, 0.1) is 0 Å². The zero-order chi connectivity index (χ0) is 9.84. The third-order valence-corrected chi connectivity index (χ3v) is 1.50. The number of amides is 1. The molecule has 68 valence electrons. The average Bonchev–Trinajstić information content (AvgIpc) is 2.17. The van der Waals surface area contributed by atoms with Crippen LogP contribution in [0.3, 0.4) is 0 Å². The molecule has 1 aromatic carbocycles. The second-order valence-electron chi connectivity index (χ2n) is 2.32. The maximum absolute atomic E-state index is 10.8. The molecule has 0 aliphatic carbocycles. The Balaban J connectivity index is 2.93. The van der Waals surface area contributed by atoms with E-state index < -0.39 is 11.9 Å². The number of carbonyl (C=O) groups excluding carboxylic acids is 1. The van der Waals surface area contributed by atoms with E-state index in [9.17, 15) is 9.59 Å². The summed E-state index contributed by atoms with van der Waals surface area (Å²) >= 11 is 0. The van der Waals surface area contributed by atoms with Gasteiger partial charge in [0.15, 0.2) is 0 Å². The Morgan fingerprint density at radius 3 is 1.92 bits per heavy atom. The van der Waals surface area contributed by atoms with Crippen LogP contribution in [0.2, 0.25) is 0 Å². The summed E-state index contributed by atoms with van der Waals surface area (Å²) in [5.74, 6) is -1.73. The van der Waals surface area contributed by atoms with Gasteiger partial charge in [0.2, 0.25) is 0 Å². The molecule has 1 rings (SSSR count). The van der Waals surface area contributed by atoms with E-state index in [1.165, 1.54) is 29.7 Å². The summed E-state index contributed by atoms with van der Waals surface area (Å²) in [6, 6.07) is 5.20. The summed E-state index contributed by atoms with van der Waals surface area (Å²) < 4.78 is 0. The minimum absolute atomic E-state index is 0.0921. The third-order valence-electron chi connectivity index (χ3n) is 1.50. The summed E-state index contributed by atoms with van der Waals surface area (Å²) in [7, 11) is 0. The van der Waals surface area contributed by atoms with Gasteiger partial charge in [-0.3, -0.25) is 10.0 Å². The monoisotopic (exact) mass is 181 g/mol. The zero-order valence-electron chi connectivity index (χ0n) is 6.52. The highest BCUT2D eigenvalue weighted by atomic mass is 16.5. The summed E-state index contributed by atoms with van der Waals surface area (Å²) in [6.07, 6.45) is 0. The van der Waals surface area contributed by atoms with Crippen LogP contribution >= 0.6 is 0 Å². The standard InChI is InChI=1S/C8H7NO4/c10-7(9-13)5-1-3-6(4-2-5)8(11)12/h1-4,13H,(H,9,10)(H,11,12). The normalized spacial score (nSPS) is 9.31. The first-order chi connectivity index (χ1) is 6.15. The molecule has 5 nitrogen and oxygen atoms in total. The molecule has 5 heteroatoms. The molecule has 0 heterocycles. The number of hydrogen-bond donors (Lipinski definition) is 3. The van der Waals surface area contributed by atoms with E-state index in [1.807, 2.05) is 0 Å². The molecule has 0 aliphatic heterocycles. The van der Waals surface area contributed by atoms with E-state index >= 15 is 0 Å². The summed E-state index contributed by atoms with van der Waals surface area (Å²) in [5.41, 5.74) is 1.74. The Morgan fingerprint density at radius 2 is 1.54 bits per heavy atom. The topological polar surface area (TPSA) is 86.6 Å². The number of hydroxylamine groups is 1. The maximum atomic E-state index is 10.8. The highest BCUT2D eigenvalue weighted by molar-refractivity contribution is 5.95. The Labute approximate surface area is 73.6 Å². The molecule has 1 amide bonds. The lowest BCUT2D eigenvalue weighted by Gasteiger charge is -1.98. The van der Waals surface area contributed by atoms with Gasteiger partial charge in [0.1, 0.15) is 0 Å². The second-order valence-corrected chi connectivity index (χ2v) is 2.32. The van der Waals surface area contributed by atoms with Crippen LogP contribution in [0.15, 0.2) is 24.3 Å². The molecule has 0 bridgehead atoms. The van der Waals surface area contributed by atoms with Crippen molar-refractivity contribution < 1.29 is 19.9 Å². The molecule has 0 atom stereocenters.